The number of benzene rings is 2. The van der Waals surface area contributed by atoms with Crippen molar-refractivity contribution < 1.29 is 19.2 Å². The Bertz CT molecular complexity index is 1120. The number of hydrogen-bond acceptors (Lipinski definition) is 6. The molecule has 2 aromatic carbocycles. The topological polar surface area (TPSA) is 116 Å². The molecule has 0 unspecified atom stereocenters. The van der Waals surface area contributed by atoms with Gasteiger partial charge in [-0.3, -0.25) is 19.7 Å². The van der Waals surface area contributed by atoms with Gasteiger partial charge in [0.25, 0.3) is 11.6 Å². The third kappa shape index (κ3) is 5.13. The van der Waals surface area contributed by atoms with E-state index in [0.717, 1.165) is 17.4 Å². The molecule has 0 aliphatic rings. The summed E-state index contributed by atoms with van der Waals surface area (Å²) in [5.74, 6) is 0.0967. The molecule has 160 valence electrons. The second-order valence-electron chi connectivity index (χ2n) is 7.85. The first-order chi connectivity index (χ1) is 14.7. The monoisotopic (exact) mass is 422 g/mol. The molecular formula is C22H22N4O5. The molecule has 3 rings (SSSR count). The zero-order chi connectivity index (χ0) is 22.6. The molecule has 0 radical (unpaired) electrons. The smallest absolute Gasteiger partial charge is 0.270 e. The second kappa shape index (κ2) is 8.78. The van der Waals surface area contributed by atoms with Crippen molar-refractivity contribution in [1.82, 2.24) is 9.78 Å². The predicted octanol–water partition coefficient (Wildman–Crippen LogP) is 3.91. The predicted molar refractivity (Wildman–Crippen MR) is 115 cm³/mol. The fraction of sp³-hybridized carbons (Fsp3) is 0.227. The van der Waals surface area contributed by atoms with Crippen molar-refractivity contribution in [3.05, 3.63) is 76.0 Å². The van der Waals surface area contributed by atoms with Gasteiger partial charge in [-0.25, -0.2) is 4.68 Å². The van der Waals surface area contributed by atoms with Gasteiger partial charge in [0.15, 0.2) is 12.9 Å². The number of nitro groups is 1. The van der Waals surface area contributed by atoms with Crippen molar-refractivity contribution in [3.8, 4) is 11.4 Å². The number of anilines is 1. The molecule has 3 aromatic rings. The maximum absolute atomic E-state index is 12.5. The highest BCUT2D eigenvalue weighted by molar-refractivity contribution is 5.91. The van der Waals surface area contributed by atoms with Crippen LogP contribution in [0.1, 0.15) is 36.8 Å². The molecule has 1 amide bonds. The van der Waals surface area contributed by atoms with Crippen molar-refractivity contribution in [3.63, 3.8) is 0 Å². The van der Waals surface area contributed by atoms with Crippen LogP contribution < -0.4 is 10.1 Å². The van der Waals surface area contributed by atoms with Crippen LogP contribution in [0, 0.1) is 10.1 Å². The lowest BCUT2D eigenvalue weighted by Gasteiger charge is -2.14. The van der Waals surface area contributed by atoms with Crippen LogP contribution in [-0.2, 0) is 10.2 Å². The zero-order valence-corrected chi connectivity index (χ0v) is 17.4. The molecule has 31 heavy (non-hydrogen) atoms. The molecule has 0 saturated heterocycles. The number of hydrogen-bond donors (Lipinski definition) is 1. The number of nitrogens with one attached hydrogen (secondary N) is 1. The maximum Gasteiger partial charge on any atom is 0.270 e. The van der Waals surface area contributed by atoms with Gasteiger partial charge in [0.1, 0.15) is 11.6 Å². The molecular weight excluding hydrogens is 400 g/mol. The Labute approximate surface area is 178 Å². The van der Waals surface area contributed by atoms with Crippen LogP contribution in [0.5, 0.6) is 5.75 Å². The largest absolute Gasteiger partial charge is 0.483 e. The van der Waals surface area contributed by atoms with Crippen LogP contribution in [0.25, 0.3) is 5.69 Å². The number of non-ortho nitro benzene ring substituents is 1. The molecule has 0 aliphatic carbocycles. The number of rotatable bonds is 7. The van der Waals surface area contributed by atoms with Gasteiger partial charge in [-0.1, -0.05) is 39.0 Å². The van der Waals surface area contributed by atoms with Crippen molar-refractivity contribution in [2.75, 3.05) is 11.9 Å². The Balaban J connectivity index is 1.79. The standard InChI is InChI=1S/C22H22N4O5/c1-22(2,3)19-12-20(25(24-19)16-7-5-4-6-8-16)23-21(28)14-31-18-10-9-17(26(29)30)11-15(18)13-27/h4-13H,14H2,1-3H3,(H,23,28). The van der Waals surface area contributed by atoms with Gasteiger partial charge in [-0.05, 0) is 18.2 Å². The summed E-state index contributed by atoms with van der Waals surface area (Å²) in [4.78, 5) is 34.0. The molecule has 1 aromatic heterocycles. The minimum absolute atomic E-state index is 0.00801. The highest BCUT2D eigenvalue weighted by atomic mass is 16.6. The van der Waals surface area contributed by atoms with Gasteiger partial charge in [0.05, 0.1) is 21.9 Å². The number of carbonyl (C=O) groups excluding carboxylic acids is 2. The Morgan fingerprint density at radius 1 is 1.19 bits per heavy atom. The van der Waals surface area contributed by atoms with Crippen molar-refractivity contribution in [1.29, 1.82) is 0 Å². The lowest BCUT2D eigenvalue weighted by Crippen LogP contribution is -2.22. The average Bonchev–Trinajstić information content (AvgIpc) is 3.17. The van der Waals surface area contributed by atoms with E-state index in [1.165, 1.54) is 12.1 Å². The molecule has 9 nitrogen and oxygen atoms in total. The third-order valence-corrected chi connectivity index (χ3v) is 4.44. The second-order valence-corrected chi connectivity index (χ2v) is 7.85. The van der Waals surface area contributed by atoms with E-state index in [0.29, 0.717) is 12.1 Å². The van der Waals surface area contributed by atoms with Crippen LogP contribution in [-0.4, -0.2) is 33.5 Å². The van der Waals surface area contributed by atoms with Gasteiger partial charge in [-0.15, -0.1) is 0 Å². The van der Waals surface area contributed by atoms with Crippen LogP contribution in [0.15, 0.2) is 54.6 Å². The SMILES string of the molecule is CC(C)(C)c1cc(NC(=O)COc2ccc([N+](=O)[O-])cc2C=O)n(-c2ccccc2)n1. The molecule has 0 fully saturated rings. The van der Waals surface area contributed by atoms with E-state index in [9.17, 15) is 19.7 Å². The molecule has 0 aliphatic heterocycles. The maximum atomic E-state index is 12.5. The lowest BCUT2D eigenvalue weighted by atomic mass is 9.92. The van der Waals surface area contributed by atoms with Crippen LogP contribution in [0.2, 0.25) is 0 Å². The van der Waals surface area contributed by atoms with Crippen LogP contribution >= 0.6 is 0 Å². The van der Waals surface area contributed by atoms with Crippen molar-refractivity contribution >= 4 is 23.7 Å². The minimum atomic E-state index is -0.610. The first kappa shape index (κ1) is 21.7. The number of aromatic nitrogens is 2. The van der Waals surface area contributed by atoms with Gasteiger partial charge in [-0.2, -0.15) is 5.10 Å². The van der Waals surface area contributed by atoms with E-state index in [1.54, 1.807) is 10.7 Å². The first-order valence-corrected chi connectivity index (χ1v) is 9.51. The van der Waals surface area contributed by atoms with Gasteiger partial charge in [0.2, 0.25) is 0 Å². The van der Waals surface area contributed by atoms with Gasteiger partial charge < -0.3 is 10.1 Å². The van der Waals surface area contributed by atoms with Crippen molar-refractivity contribution in [2.45, 2.75) is 26.2 Å². The number of nitrogens with zero attached hydrogens (tertiary/aromatic N) is 3. The van der Waals surface area contributed by atoms with Crippen LogP contribution in [0.4, 0.5) is 11.5 Å². The van der Waals surface area contributed by atoms with E-state index in [-0.39, 0.29) is 29.0 Å². The number of para-hydroxylation sites is 1. The summed E-state index contributed by atoms with van der Waals surface area (Å²) in [5.41, 5.74) is 1.11. The highest BCUT2D eigenvalue weighted by Gasteiger charge is 2.22. The number of carbonyl (C=O) groups is 2. The summed E-state index contributed by atoms with van der Waals surface area (Å²) in [5, 5.41) is 18.3. The van der Waals surface area contributed by atoms with E-state index in [1.807, 2.05) is 51.1 Å². The minimum Gasteiger partial charge on any atom is -0.483 e. The molecule has 1 heterocycles. The Kier molecular flexibility index (Phi) is 6.15. The van der Waals surface area contributed by atoms with E-state index >= 15 is 0 Å². The Morgan fingerprint density at radius 2 is 1.90 bits per heavy atom. The summed E-state index contributed by atoms with van der Waals surface area (Å²) in [6, 6.07) is 14.8. The van der Waals surface area contributed by atoms with E-state index in [4.69, 9.17) is 4.74 Å². The summed E-state index contributed by atoms with van der Waals surface area (Å²) in [7, 11) is 0. The molecule has 0 atom stereocenters. The van der Waals surface area contributed by atoms with Crippen LogP contribution in [0.3, 0.4) is 0 Å². The van der Waals surface area contributed by atoms with E-state index < -0.39 is 10.8 Å². The van der Waals surface area contributed by atoms with E-state index in [2.05, 4.69) is 10.4 Å². The zero-order valence-electron chi connectivity index (χ0n) is 17.4. The van der Waals surface area contributed by atoms with Crippen molar-refractivity contribution in [2.24, 2.45) is 0 Å². The normalized spacial score (nSPS) is 11.1. The fourth-order valence-corrected chi connectivity index (χ4v) is 2.80. The molecule has 0 spiro atoms. The number of nitro benzene ring substituents is 1. The van der Waals surface area contributed by atoms with Gasteiger partial charge in [0, 0.05) is 23.6 Å². The number of ether oxygens (including phenoxy) is 1. The summed E-state index contributed by atoms with van der Waals surface area (Å²) >= 11 is 0. The molecule has 1 N–H and O–H groups in total. The third-order valence-electron chi connectivity index (χ3n) is 4.44. The fourth-order valence-electron chi connectivity index (χ4n) is 2.80. The lowest BCUT2D eigenvalue weighted by molar-refractivity contribution is -0.384. The van der Waals surface area contributed by atoms with Gasteiger partial charge >= 0.3 is 0 Å². The highest BCUT2D eigenvalue weighted by Crippen LogP contribution is 2.26. The Morgan fingerprint density at radius 3 is 2.52 bits per heavy atom. The first-order valence-electron chi connectivity index (χ1n) is 9.51. The Hall–Kier alpha value is -4.01. The number of aldehydes is 1. The molecule has 0 saturated carbocycles. The summed E-state index contributed by atoms with van der Waals surface area (Å²) in [6.45, 7) is 5.68. The quantitative estimate of drug-likeness (QED) is 0.351. The average molecular weight is 422 g/mol. The molecule has 9 heteroatoms. The number of amides is 1. The summed E-state index contributed by atoms with van der Waals surface area (Å²) in [6.07, 6.45) is 0.445. The summed E-state index contributed by atoms with van der Waals surface area (Å²) < 4.78 is 7.06. The molecule has 0 bridgehead atoms.